The number of benzene rings is 1. The number of ether oxygens (including phenoxy) is 1. The van der Waals surface area contributed by atoms with Gasteiger partial charge < -0.3 is 15.0 Å². The maximum atomic E-state index is 12.7. The van der Waals surface area contributed by atoms with Crippen LogP contribution >= 0.6 is 0 Å². The summed E-state index contributed by atoms with van der Waals surface area (Å²) in [6.07, 6.45) is 3.65. The molecule has 0 atom stereocenters. The Balaban J connectivity index is 2.40. The molecule has 0 aliphatic carbocycles. The van der Waals surface area contributed by atoms with Crippen LogP contribution in [0, 0.1) is 6.92 Å². The fourth-order valence-corrected chi connectivity index (χ4v) is 2.73. The van der Waals surface area contributed by atoms with Crippen LogP contribution in [0.4, 0.5) is 5.69 Å². The highest BCUT2D eigenvalue weighted by Crippen LogP contribution is 2.35. The molecule has 0 bridgehead atoms. The monoisotopic (exact) mass is 356 g/mol. The SMILES string of the molecule is C/C=C(\CN(C)C)C(=O)Nc1cn(C)nc1-c1cc(C)ccc1OCC. The lowest BCUT2D eigenvalue weighted by Crippen LogP contribution is -2.24. The van der Waals surface area contributed by atoms with Crippen LogP contribution in [-0.4, -0.2) is 47.8 Å². The second-order valence-corrected chi connectivity index (χ2v) is 6.50. The van der Waals surface area contributed by atoms with Crippen molar-refractivity contribution in [3.8, 4) is 17.0 Å². The summed E-state index contributed by atoms with van der Waals surface area (Å²) in [7, 11) is 5.71. The lowest BCUT2D eigenvalue weighted by molar-refractivity contribution is -0.113. The Morgan fingerprint density at radius 1 is 1.38 bits per heavy atom. The van der Waals surface area contributed by atoms with Gasteiger partial charge in [-0.05, 0) is 47.0 Å². The zero-order chi connectivity index (χ0) is 19.3. The first-order valence-electron chi connectivity index (χ1n) is 8.74. The summed E-state index contributed by atoms with van der Waals surface area (Å²) in [6, 6.07) is 5.97. The number of hydrogen-bond donors (Lipinski definition) is 1. The smallest absolute Gasteiger partial charge is 0.252 e. The van der Waals surface area contributed by atoms with E-state index in [2.05, 4.69) is 10.4 Å². The number of aromatic nitrogens is 2. The van der Waals surface area contributed by atoms with Gasteiger partial charge in [0.1, 0.15) is 11.4 Å². The van der Waals surface area contributed by atoms with E-state index in [-0.39, 0.29) is 5.91 Å². The third kappa shape index (κ3) is 4.73. The van der Waals surface area contributed by atoms with E-state index in [4.69, 9.17) is 4.74 Å². The van der Waals surface area contributed by atoms with Crippen molar-refractivity contribution in [1.82, 2.24) is 14.7 Å². The predicted octanol–water partition coefficient (Wildman–Crippen LogP) is 3.24. The average Bonchev–Trinajstić information content (AvgIpc) is 2.94. The number of allylic oxidation sites excluding steroid dienone is 1. The van der Waals surface area contributed by atoms with Crippen molar-refractivity contribution in [2.45, 2.75) is 20.8 Å². The molecule has 0 saturated heterocycles. The van der Waals surface area contributed by atoms with Gasteiger partial charge in [-0.2, -0.15) is 5.10 Å². The summed E-state index contributed by atoms with van der Waals surface area (Å²) in [5, 5.41) is 7.56. The van der Waals surface area contributed by atoms with Crippen molar-refractivity contribution in [3.05, 3.63) is 41.6 Å². The first-order valence-corrected chi connectivity index (χ1v) is 8.74. The van der Waals surface area contributed by atoms with Gasteiger partial charge in [-0.25, -0.2) is 0 Å². The molecule has 0 aliphatic rings. The molecular weight excluding hydrogens is 328 g/mol. The summed E-state index contributed by atoms with van der Waals surface area (Å²) < 4.78 is 7.46. The second-order valence-electron chi connectivity index (χ2n) is 6.50. The Kier molecular flexibility index (Phi) is 6.58. The van der Waals surface area contributed by atoms with Crippen molar-refractivity contribution < 1.29 is 9.53 Å². The molecule has 0 radical (unpaired) electrons. The largest absolute Gasteiger partial charge is 0.493 e. The van der Waals surface area contributed by atoms with Crippen LogP contribution in [0.15, 0.2) is 36.0 Å². The van der Waals surface area contributed by atoms with Crippen LogP contribution in [0.3, 0.4) is 0 Å². The summed E-state index contributed by atoms with van der Waals surface area (Å²) in [4.78, 5) is 14.6. The Bertz CT molecular complexity index is 806. The molecule has 0 spiro atoms. The van der Waals surface area contributed by atoms with Gasteiger partial charge in [-0.15, -0.1) is 0 Å². The Morgan fingerprint density at radius 3 is 2.73 bits per heavy atom. The molecule has 1 aromatic heterocycles. The van der Waals surface area contributed by atoms with E-state index in [1.54, 1.807) is 4.68 Å². The molecular formula is C20H28N4O2. The third-order valence-electron chi connectivity index (χ3n) is 3.89. The fraction of sp³-hybridized carbons (Fsp3) is 0.400. The molecule has 1 amide bonds. The topological polar surface area (TPSA) is 59.4 Å². The summed E-state index contributed by atoms with van der Waals surface area (Å²) >= 11 is 0. The first-order chi connectivity index (χ1) is 12.3. The van der Waals surface area contributed by atoms with Gasteiger partial charge in [0.2, 0.25) is 0 Å². The average molecular weight is 356 g/mol. The minimum Gasteiger partial charge on any atom is -0.493 e. The van der Waals surface area contributed by atoms with E-state index < -0.39 is 0 Å². The van der Waals surface area contributed by atoms with Crippen molar-refractivity contribution in [1.29, 1.82) is 0 Å². The molecule has 26 heavy (non-hydrogen) atoms. The normalized spacial score (nSPS) is 11.7. The summed E-state index contributed by atoms with van der Waals surface area (Å²) in [5.41, 5.74) is 4.06. The van der Waals surface area contributed by atoms with Gasteiger partial charge in [-0.1, -0.05) is 17.7 Å². The minimum atomic E-state index is -0.124. The van der Waals surface area contributed by atoms with E-state index >= 15 is 0 Å². The highest BCUT2D eigenvalue weighted by Gasteiger charge is 2.18. The maximum absolute atomic E-state index is 12.7. The van der Waals surface area contributed by atoms with Crippen LogP contribution in [0.25, 0.3) is 11.3 Å². The van der Waals surface area contributed by atoms with Gasteiger partial charge in [-0.3, -0.25) is 9.48 Å². The molecule has 6 heteroatoms. The number of likely N-dealkylation sites (N-methyl/N-ethyl adjacent to an activating group) is 1. The minimum absolute atomic E-state index is 0.124. The van der Waals surface area contributed by atoms with E-state index in [1.807, 2.05) is 77.3 Å². The highest BCUT2D eigenvalue weighted by atomic mass is 16.5. The molecule has 0 aliphatic heterocycles. The third-order valence-corrected chi connectivity index (χ3v) is 3.89. The molecule has 6 nitrogen and oxygen atoms in total. The molecule has 0 fully saturated rings. The number of nitrogens with zero attached hydrogens (tertiary/aromatic N) is 3. The van der Waals surface area contributed by atoms with Crippen molar-refractivity contribution in [3.63, 3.8) is 0 Å². The molecule has 2 aromatic rings. The van der Waals surface area contributed by atoms with Gasteiger partial charge in [0.15, 0.2) is 0 Å². The quantitative estimate of drug-likeness (QED) is 0.774. The predicted molar refractivity (Wildman–Crippen MR) is 105 cm³/mol. The first kappa shape index (κ1) is 19.7. The van der Waals surface area contributed by atoms with Gasteiger partial charge in [0.05, 0.1) is 12.3 Å². The number of carbonyl (C=O) groups is 1. The van der Waals surface area contributed by atoms with Crippen LogP contribution < -0.4 is 10.1 Å². The van der Waals surface area contributed by atoms with E-state index in [1.165, 1.54) is 0 Å². The maximum Gasteiger partial charge on any atom is 0.252 e. The molecule has 1 N–H and O–H groups in total. The molecule has 2 rings (SSSR count). The van der Waals surface area contributed by atoms with E-state index in [9.17, 15) is 4.79 Å². The molecule has 1 heterocycles. The number of aryl methyl sites for hydroxylation is 2. The number of hydrogen-bond acceptors (Lipinski definition) is 4. The molecule has 0 saturated carbocycles. The van der Waals surface area contributed by atoms with Gasteiger partial charge in [0.25, 0.3) is 5.91 Å². The van der Waals surface area contributed by atoms with E-state index in [0.717, 1.165) is 16.9 Å². The zero-order valence-electron chi connectivity index (χ0n) is 16.5. The molecule has 0 unspecified atom stereocenters. The zero-order valence-corrected chi connectivity index (χ0v) is 16.5. The fourth-order valence-electron chi connectivity index (χ4n) is 2.73. The van der Waals surface area contributed by atoms with Crippen LogP contribution in [0.5, 0.6) is 5.75 Å². The van der Waals surface area contributed by atoms with E-state index in [0.29, 0.717) is 30.1 Å². The standard InChI is InChI=1S/C20H28N4O2/c1-7-15(12-23(4)5)20(25)21-17-13-24(6)22-19(17)16-11-14(3)9-10-18(16)26-8-2/h7,9-11,13H,8,12H2,1-6H3,(H,21,25)/b15-7+. The number of anilines is 1. The summed E-state index contributed by atoms with van der Waals surface area (Å²) in [5.74, 6) is 0.632. The number of amides is 1. The van der Waals surface area contributed by atoms with Gasteiger partial charge in [0, 0.05) is 30.9 Å². The Hall–Kier alpha value is -2.60. The number of carbonyl (C=O) groups excluding carboxylic acids is 1. The van der Waals surface area contributed by atoms with Gasteiger partial charge >= 0.3 is 0 Å². The molecule has 1 aromatic carbocycles. The summed E-state index contributed by atoms with van der Waals surface area (Å²) in [6.45, 7) is 6.98. The van der Waals surface area contributed by atoms with Crippen LogP contribution in [0.1, 0.15) is 19.4 Å². The lowest BCUT2D eigenvalue weighted by atomic mass is 10.1. The van der Waals surface area contributed by atoms with Crippen molar-refractivity contribution in [2.75, 3.05) is 32.6 Å². The van der Waals surface area contributed by atoms with Crippen molar-refractivity contribution in [2.24, 2.45) is 7.05 Å². The highest BCUT2D eigenvalue weighted by molar-refractivity contribution is 6.05. The number of nitrogens with one attached hydrogen (secondary N) is 1. The second kappa shape index (κ2) is 8.67. The Morgan fingerprint density at radius 2 is 2.12 bits per heavy atom. The number of rotatable bonds is 7. The van der Waals surface area contributed by atoms with Crippen molar-refractivity contribution >= 4 is 11.6 Å². The lowest BCUT2D eigenvalue weighted by Gasteiger charge is -2.14. The molecule has 140 valence electrons. The Labute approximate surface area is 155 Å². The van der Waals surface area contributed by atoms with Crippen LogP contribution in [-0.2, 0) is 11.8 Å². The van der Waals surface area contributed by atoms with Crippen LogP contribution in [0.2, 0.25) is 0 Å².